The van der Waals surface area contributed by atoms with Crippen LogP contribution in [0.1, 0.15) is 26.2 Å². The Balaban J connectivity index is 1.98. The standard InChI is InChI=1S/C15H18BrFN2O/c1-10(2)18-5-3-4-15-19-9-14(20-15)11-6-12(16)8-13(17)7-11/h6-10,18H,3-5H2,1-2H3. The molecule has 2 rings (SSSR count). The van der Waals surface area contributed by atoms with Crippen molar-refractivity contribution in [2.45, 2.75) is 32.7 Å². The highest BCUT2D eigenvalue weighted by atomic mass is 79.9. The van der Waals surface area contributed by atoms with E-state index in [1.54, 1.807) is 6.20 Å². The lowest BCUT2D eigenvalue weighted by atomic mass is 10.2. The zero-order chi connectivity index (χ0) is 14.5. The second kappa shape index (κ2) is 6.99. The molecule has 5 heteroatoms. The fourth-order valence-corrected chi connectivity index (χ4v) is 2.35. The first-order valence-corrected chi connectivity index (χ1v) is 7.48. The van der Waals surface area contributed by atoms with Gasteiger partial charge in [-0.05, 0) is 31.2 Å². The van der Waals surface area contributed by atoms with Crippen molar-refractivity contribution in [3.63, 3.8) is 0 Å². The minimum atomic E-state index is -0.298. The Kier molecular flexibility index (Phi) is 5.31. The van der Waals surface area contributed by atoms with Crippen LogP contribution in [0.25, 0.3) is 11.3 Å². The highest BCUT2D eigenvalue weighted by Crippen LogP contribution is 2.25. The maximum Gasteiger partial charge on any atom is 0.194 e. The lowest BCUT2D eigenvalue weighted by Crippen LogP contribution is -2.23. The van der Waals surface area contributed by atoms with Crippen LogP contribution in [0.3, 0.4) is 0 Å². The van der Waals surface area contributed by atoms with Crippen LogP contribution in [0.5, 0.6) is 0 Å². The first-order valence-electron chi connectivity index (χ1n) is 6.69. The minimum Gasteiger partial charge on any atom is -0.441 e. The summed E-state index contributed by atoms with van der Waals surface area (Å²) in [6.45, 7) is 5.16. The van der Waals surface area contributed by atoms with Gasteiger partial charge in [0.05, 0.1) is 6.20 Å². The molecule has 0 saturated carbocycles. The fraction of sp³-hybridized carbons (Fsp3) is 0.400. The number of benzene rings is 1. The largest absolute Gasteiger partial charge is 0.441 e. The summed E-state index contributed by atoms with van der Waals surface area (Å²) in [4.78, 5) is 4.24. The molecule has 1 aromatic carbocycles. The van der Waals surface area contributed by atoms with Crippen molar-refractivity contribution in [2.24, 2.45) is 0 Å². The second-order valence-electron chi connectivity index (χ2n) is 4.99. The van der Waals surface area contributed by atoms with E-state index < -0.39 is 0 Å². The van der Waals surface area contributed by atoms with Gasteiger partial charge in [0.1, 0.15) is 5.82 Å². The molecule has 0 aliphatic rings. The van der Waals surface area contributed by atoms with Gasteiger partial charge in [-0.2, -0.15) is 0 Å². The predicted octanol–water partition coefficient (Wildman–Crippen LogP) is 4.17. The molecule has 2 aromatic rings. The Bertz CT molecular complexity index is 549. The number of hydrogen-bond donors (Lipinski definition) is 1. The van der Waals surface area contributed by atoms with Crippen LogP contribution in [0.4, 0.5) is 4.39 Å². The number of hydrogen-bond acceptors (Lipinski definition) is 3. The molecule has 0 saturated heterocycles. The van der Waals surface area contributed by atoms with E-state index in [9.17, 15) is 4.39 Å². The molecule has 3 nitrogen and oxygen atoms in total. The number of aryl methyl sites for hydroxylation is 1. The lowest BCUT2D eigenvalue weighted by molar-refractivity contribution is 0.484. The summed E-state index contributed by atoms with van der Waals surface area (Å²) in [5.74, 6) is 0.983. The Morgan fingerprint density at radius 3 is 2.85 bits per heavy atom. The van der Waals surface area contributed by atoms with Gasteiger partial charge in [0.2, 0.25) is 0 Å². The van der Waals surface area contributed by atoms with E-state index in [1.807, 2.05) is 6.07 Å². The molecular formula is C15H18BrFN2O. The van der Waals surface area contributed by atoms with Gasteiger partial charge in [-0.1, -0.05) is 29.8 Å². The summed E-state index contributed by atoms with van der Waals surface area (Å²) in [5.41, 5.74) is 0.691. The first-order chi connectivity index (χ1) is 9.54. The third-order valence-corrected chi connectivity index (χ3v) is 3.28. The molecule has 0 bridgehead atoms. The SMILES string of the molecule is CC(C)NCCCc1ncc(-c2cc(F)cc(Br)c2)o1. The zero-order valence-corrected chi connectivity index (χ0v) is 13.2. The molecule has 108 valence electrons. The van der Waals surface area contributed by atoms with Crippen LogP contribution in [0.15, 0.2) is 33.3 Å². The van der Waals surface area contributed by atoms with Gasteiger partial charge in [0.15, 0.2) is 11.7 Å². The number of nitrogens with one attached hydrogen (secondary N) is 1. The van der Waals surface area contributed by atoms with Crippen LogP contribution in [-0.4, -0.2) is 17.6 Å². The summed E-state index contributed by atoms with van der Waals surface area (Å²) in [6.07, 6.45) is 3.38. The molecular weight excluding hydrogens is 323 g/mol. The van der Waals surface area contributed by atoms with Crippen molar-refractivity contribution >= 4 is 15.9 Å². The van der Waals surface area contributed by atoms with Crippen LogP contribution in [0.2, 0.25) is 0 Å². The molecule has 0 amide bonds. The number of nitrogens with zero attached hydrogens (tertiary/aromatic N) is 1. The quantitative estimate of drug-likeness (QED) is 0.802. The Morgan fingerprint density at radius 2 is 2.15 bits per heavy atom. The smallest absolute Gasteiger partial charge is 0.194 e. The number of aromatic nitrogens is 1. The van der Waals surface area contributed by atoms with Crippen LogP contribution in [0, 0.1) is 5.82 Å². The van der Waals surface area contributed by atoms with Crippen molar-refractivity contribution in [1.29, 1.82) is 0 Å². The summed E-state index contributed by atoms with van der Waals surface area (Å²) in [7, 11) is 0. The van der Waals surface area contributed by atoms with Gasteiger partial charge in [-0.3, -0.25) is 0 Å². The minimum absolute atomic E-state index is 0.298. The van der Waals surface area contributed by atoms with E-state index in [0.717, 1.165) is 19.4 Å². The average Bonchev–Trinajstić information content (AvgIpc) is 2.82. The van der Waals surface area contributed by atoms with Gasteiger partial charge in [0.25, 0.3) is 0 Å². The number of oxazole rings is 1. The Morgan fingerprint density at radius 1 is 1.35 bits per heavy atom. The molecule has 0 spiro atoms. The second-order valence-corrected chi connectivity index (χ2v) is 5.90. The maximum absolute atomic E-state index is 13.3. The first kappa shape index (κ1) is 15.2. The topological polar surface area (TPSA) is 38.1 Å². The summed E-state index contributed by atoms with van der Waals surface area (Å²) in [6, 6.07) is 5.15. The van der Waals surface area contributed by atoms with Crippen LogP contribution in [-0.2, 0) is 6.42 Å². The third kappa shape index (κ3) is 4.42. The summed E-state index contributed by atoms with van der Waals surface area (Å²) >= 11 is 3.27. The molecule has 1 aromatic heterocycles. The van der Waals surface area contributed by atoms with Crippen molar-refractivity contribution in [2.75, 3.05) is 6.54 Å². The summed E-state index contributed by atoms with van der Waals surface area (Å²) in [5, 5.41) is 3.34. The molecule has 20 heavy (non-hydrogen) atoms. The molecule has 1 N–H and O–H groups in total. The van der Waals surface area contributed by atoms with Gasteiger partial charge in [-0.15, -0.1) is 0 Å². The molecule has 0 aliphatic heterocycles. The van der Waals surface area contributed by atoms with Gasteiger partial charge >= 0.3 is 0 Å². The van der Waals surface area contributed by atoms with Crippen LogP contribution < -0.4 is 5.32 Å². The van der Waals surface area contributed by atoms with Gasteiger partial charge in [0, 0.05) is 22.5 Å². The Labute approximate surface area is 126 Å². The molecule has 0 unspecified atom stereocenters. The molecule has 0 radical (unpaired) electrons. The van der Waals surface area contributed by atoms with Crippen molar-refractivity contribution in [1.82, 2.24) is 10.3 Å². The van der Waals surface area contributed by atoms with E-state index >= 15 is 0 Å². The van der Waals surface area contributed by atoms with E-state index in [0.29, 0.717) is 27.7 Å². The Hall–Kier alpha value is -1.20. The van der Waals surface area contributed by atoms with Crippen molar-refractivity contribution in [3.05, 3.63) is 40.6 Å². The molecule has 0 fully saturated rings. The van der Waals surface area contributed by atoms with E-state index in [4.69, 9.17) is 4.42 Å². The maximum atomic E-state index is 13.3. The summed E-state index contributed by atoms with van der Waals surface area (Å²) < 4.78 is 19.7. The highest BCUT2D eigenvalue weighted by molar-refractivity contribution is 9.10. The van der Waals surface area contributed by atoms with Crippen molar-refractivity contribution in [3.8, 4) is 11.3 Å². The van der Waals surface area contributed by atoms with Crippen molar-refractivity contribution < 1.29 is 8.81 Å². The van der Waals surface area contributed by atoms with E-state index in [1.165, 1.54) is 12.1 Å². The monoisotopic (exact) mass is 340 g/mol. The van der Waals surface area contributed by atoms with Crippen LogP contribution >= 0.6 is 15.9 Å². The number of rotatable bonds is 6. The average molecular weight is 341 g/mol. The number of halogens is 2. The van der Waals surface area contributed by atoms with Gasteiger partial charge in [-0.25, -0.2) is 9.37 Å². The molecule has 1 heterocycles. The zero-order valence-electron chi connectivity index (χ0n) is 11.6. The third-order valence-electron chi connectivity index (χ3n) is 2.82. The lowest BCUT2D eigenvalue weighted by Gasteiger charge is -2.05. The molecule has 0 aliphatic carbocycles. The molecule has 0 atom stereocenters. The predicted molar refractivity (Wildman–Crippen MR) is 81.1 cm³/mol. The van der Waals surface area contributed by atoms with E-state index in [2.05, 4.69) is 40.1 Å². The van der Waals surface area contributed by atoms with Gasteiger partial charge < -0.3 is 9.73 Å². The fourth-order valence-electron chi connectivity index (χ4n) is 1.89. The highest BCUT2D eigenvalue weighted by Gasteiger charge is 2.08. The normalized spacial score (nSPS) is 11.2. The van der Waals surface area contributed by atoms with E-state index in [-0.39, 0.29) is 5.82 Å².